The maximum atomic E-state index is 5.35. The summed E-state index contributed by atoms with van der Waals surface area (Å²) in [6.45, 7) is 0. The van der Waals surface area contributed by atoms with E-state index in [1.54, 1.807) is 0 Å². The molecule has 0 spiro atoms. The summed E-state index contributed by atoms with van der Waals surface area (Å²) in [6.07, 6.45) is 1.84. The summed E-state index contributed by atoms with van der Waals surface area (Å²) < 4.78 is 4.78. The first kappa shape index (κ1) is 31.9. The van der Waals surface area contributed by atoms with Gasteiger partial charge < -0.3 is 9.13 Å². The van der Waals surface area contributed by atoms with Crippen LogP contribution in [0.4, 0.5) is 0 Å². The SMILES string of the molecule is c1ccc(-c2nc(-c3cc(-n4c5ccccc5c5ccccc54)cc(-n4c5ccccc5c5ccccc54)c3)cc(-c3ccccc3-c3ccccn3)n2)cc1. The van der Waals surface area contributed by atoms with Gasteiger partial charge in [-0.1, -0.05) is 133 Å². The van der Waals surface area contributed by atoms with Crippen molar-refractivity contribution >= 4 is 43.6 Å². The number of fused-ring (bicyclic) bond motifs is 6. The van der Waals surface area contributed by atoms with Crippen molar-refractivity contribution < 1.29 is 0 Å². The quantitative estimate of drug-likeness (QED) is 0.172. The average Bonchev–Trinajstić information content (AvgIpc) is 3.80. The molecule has 0 saturated carbocycles. The molecule has 0 aliphatic rings. The van der Waals surface area contributed by atoms with E-state index in [-0.39, 0.29) is 0 Å². The predicted octanol–water partition coefficient (Wildman–Crippen LogP) is 12.7. The number of pyridine rings is 1. The molecular formula is C51H33N5. The zero-order valence-electron chi connectivity index (χ0n) is 30.3. The molecule has 7 aromatic carbocycles. The Balaban J connectivity index is 1.23. The Labute approximate surface area is 323 Å². The highest BCUT2D eigenvalue weighted by atomic mass is 15.0. The normalized spacial score (nSPS) is 11.6. The third-order valence-corrected chi connectivity index (χ3v) is 10.8. The maximum Gasteiger partial charge on any atom is 0.160 e. The molecule has 0 aliphatic carbocycles. The molecule has 11 aromatic rings. The molecule has 0 unspecified atom stereocenters. The summed E-state index contributed by atoms with van der Waals surface area (Å²) in [5.74, 6) is 0.662. The summed E-state index contributed by atoms with van der Waals surface area (Å²) in [5, 5.41) is 4.87. The van der Waals surface area contributed by atoms with Crippen molar-refractivity contribution in [2.45, 2.75) is 0 Å². The van der Waals surface area contributed by atoms with Crippen molar-refractivity contribution in [3.05, 3.63) is 200 Å². The van der Waals surface area contributed by atoms with E-state index < -0.39 is 0 Å². The lowest BCUT2D eigenvalue weighted by molar-refractivity contribution is 1.13. The average molecular weight is 716 g/mol. The second-order valence-electron chi connectivity index (χ2n) is 14.1. The van der Waals surface area contributed by atoms with Crippen molar-refractivity contribution in [3.63, 3.8) is 0 Å². The highest BCUT2D eigenvalue weighted by molar-refractivity contribution is 6.10. The fourth-order valence-electron chi connectivity index (χ4n) is 8.30. The van der Waals surface area contributed by atoms with Gasteiger partial charge in [0.2, 0.25) is 0 Å². The third-order valence-electron chi connectivity index (χ3n) is 10.8. The van der Waals surface area contributed by atoms with E-state index in [9.17, 15) is 0 Å². The third kappa shape index (κ3) is 5.21. The maximum absolute atomic E-state index is 5.35. The molecule has 0 amide bonds. The van der Waals surface area contributed by atoms with Crippen LogP contribution in [0, 0.1) is 0 Å². The van der Waals surface area contributed by atoms with Crippen LogP contribution in [0.5, 0.6) is 0 Å². The molecule has 0 fully saturated rings. The summed E-state index contributed by atoms with van der Waals surface area (Å²) in [6, 6.07) is 68.3. The van der Waals surface area contributed by atoms with Crippen LogP contribution in [0.1, 0.15) is 0 Å². The van der Waals surface area contributed by atoms with Crippen molar-refractivity contribution in [3.8, 4) is 56.5 Å². The molecule has 0 atom stereocenters. The van der Waals surface area contributed by atoms with Gasteiger partial charge in [0.25, 0.3) is 0 Å². The Morgan fingerprint density at radius 2 is 0.768 bits per heavy atom. The number of rotatable bonds is 6. The van der Waals surface area contributed by atoms with Gasteiger partial charge in [0, 0.05) is 61.4 Å². The van der Waals surface area contributed by atoms with Gasteiger partial charge in [0.05, 0.1) is 39.1 Å². The molecule has 0 aliphatic heterocycles. The predicted molar refractivity (Wildman–Crippen MR) is 230 cm³/mol. The highest BCUT2D eigenvalue weighted by Crippen LogP contribution is 2.39. The van der Waals surface area contributed by atoms with E-state index in [0.29, 0.717) is 5.82 Å². The molecule has 4 heterocycles. The number of hydrogen-bond acceptors (Lipinski definition) is 3. The van der Waals surface area contributed by atoms with Gasteiger partial charge >= 0.3 is 0 Å². The van der Waals surface area contributed by atoms with Crippen molar-refractivity contribution in [2.24, 2.45) is 0 Å². The number of hydrogen-bond donors (Lipinski definition) is 0. The first-order chi connectivity index (χ1) is 27.8. The molecule has 262 valence electrons. The van der Waals surface area contributed by atoms with Crippen LogP contribution < -0.4 is 0 Å². The second-order valence-corrected chi connectivity index (χ2v) is 14.1. The fraction of sp³-hybridized carbons (Fsp3) is 0. The number of para-hydroxylation sites is 4. The minimum Gasteiger partial charge on any atom is -0.309 e. The number of aromatic nitrogens is 5. The van der Waals surface area contributed by atoms with Crippen LogP contribution >= 0.6 is 0 Å². The van der Waals surface area contributed by atoms with Crippen molar-refractivity contribution in [1.29, 1.82) is 0 Å². The molecule has 56 heavy (non-hydrogen) atoms. The lowest BCUT2D eigenvalue weighted by Gasteiger charge is -2.17. The first-order valence-electron chi connectivity index (χ1n) is 18.9. The minimum absolute atomic E-state index is 0.662. The smallest absolute Gasteiger partial charge is 0.160 e. The van der Waals surface area contributed by atoms with Gasteiger partial charge in [-0.2, -0.15) is 0 Å². The van der Waals surface area contributed by atoms with Crippen LogP contribution in [-0.2, 0) is 0 Å². The zero-order valence-corrected chi connectivity index (χ0v) is 30.3. The van der Waals surface area contributed by atoms with E-state index in [1.807, 2.05) is 42.6 Å². The molecule has 4 aromatic heterocycles. The number of benzene rings is 7. The molecule has 0 saturated heterocycles. The molecule has 5 heteroatoms. The van der Waals surface area contributed by atoms with Gasteiger partial charge in [0.15, 0.2) is 5.82 Å². The Hall–Kier alpha value is -7.63. The molecular weight excluding hydrogens is 683 g/mol. The van der Waals surface area contributed by atoms with Crippen molar-refractivity contribution in [2.75, 3.05) is 0 Å². The minimum atomic E-state index is 0.662. The van der Waals surface area contributed by atoms with Gasteiger partial charge in [-0.3, -0.25) is 4.98 Å². The van der Waals surface area contributed by atoms with E-state index in [0.717, 1.165) is 72.8 Å². The molecule has 11 rings (SSSR count). The molecule has 0 bridgehead atoms. The Bertz CT molecular complexity index is 3010. The van der Waals surface area contributed by atoms with Crippen molar-refractivity contribution in [1.82, 2.24) is 24.1 Å². The summed E-state index contributed by atoms with van der Waals surface area (Å²) in [5.41, 5.74) is 13.2. The topological polar surface area (TPSA) is 48.5 Å². The number of nitrogens with zero attached hydrogens (tertiary/aromatic N) is 5. The largest absolute Gasteiger partial charge is 0.309 e. The van der Waals surface area contributed by atoms with Gasteiger partial charge in [0.1, 0.15) is 0 Å². The molecule has 0 N–H and O–H groups in total. The Morgan fingerprint density at radius 3 is 1.29 bits per heavy atom. The van der Waals surface area contributed by atoms with Crippen LogP contribution in [0.2, 0.25) is 0 Å². The standard InChI is InChI=1S/C51H33N5/c1-2-16-34(17-3-1)51-53-45(33-46(54-51)39-19-5-4-18-38(39)44-24-14-15-29-52-44)35-30-36(55-47-25-10-6-20-40(47)41-21-7-11-26-48(41)55)32-37(31-35)56-49-27-12-8-22-42(49)43-23-9-13-28-50(43)56/h1-33H. The lowest BCUT2D eigenvalue weighted by Crippen LogP contribution is -2.02. The lowest BCUT2D eigenvalue weighted by atomic mass is 9.99. The molecule has 0 radical (unpaired) electrons. The highest BCUT2D eigenvalue weighted by Gasteiger charge is 2.20. The van der Waals surface area contributed by atoms with E-state index in [2.05, 4.69) is 167 Å². The zero-order chi connectivity index (χ0) is 37.0. The molecule has 5 nitrogen and oxygen atoms in total. The van der Waals surface area contributed by atoms with E-state index in [4.69, 9.17) is 15.0 Å². The van der Waals surface area contributed by atoms with Gasteiger partial charge in [-0.15, -0.1) is 0 Å². The first-order valence-corrected chi connectivity index (χ1v) is 18.9. The van der Waals surface area contributed by atoms with Crippen LogP contribution in [0.3, 0.4) is 0 Å². The summed E-state index contributed by atoms with van der Waals surface area (Å²) in [4.78, 5) is 15.3. The van der Waals surface area contributed by atoms with Crippen LogP contribution in [0.15, 0.2) is 200 Å². The van der Waals surface area contributed by atoms with Crippen LogP contribution in [0.25, 0.3) is 100 Å². The van der Waals surface area contributed by atoms with Gasteiger partial charge in [-0.05, 0) is 60.7 Å². The van der Waals surface area contributed by atoms with Gasteiger partial charge in [-0.25, -0.2) is 9.97 Å². The second kappa shape index (κ2) is 13.0. The Morgan fingerprint density at radius 1 is 0.321 bits per heavy atom. The summed E-state index contributed by atoms with van der Waals surface area (Å²) in [7, 11) is 0. The van der Waals surface area contributed by atoms with Crippen LogP contribution in [-0.4, -0.2) is 24.1 Å². The Kier molecular flexibility index (Phi) is 7.42. The van der Waals surface area contributed by atoms with E-state index in [1.165, 1.54) is 21.5 Å². The summed E-state index contributed by atoms with van der Waals surface area (Å²) >= 11 is 0. The monoisotopic (exact) mass is 715 g/mol. The fourth-order valence-corrected chi connectivity index (χ4v) is 8.30. The van der Waals surface area contributed by atoms with E-state index >= 15 is 0 Å².